The Balaban J connectivity index is 1.89. The Bertz CT molecular complexity index is 505. The number of para-hydroxylation sites is 1. The fourth-order valence-corrected chi connectivity index (χ4v) is 3.43. The first kappa shape index (κ1) is 12.2. The fourth-order valence-electron chi connectivity index (χ4n) is 3.43. The zero-order chi connectivity index (χ0) is 13.6. The van der Waals surface area contributed by atoms with Gasteiger partial charge in [0, 0.05) is 26.2 Å². The molecule has 2 heterocycles. The number of rotatable bonds is 2. The first-order valence-electron chi connectivity index (χ1n) is 6.52. The maximum atomic E-state index is 11.2. The van der Waals surface area contributed by atoms with E-state index in [9.17, 15) is 10.1 Å². The summed E-state index contributed by atoms with van der Waals surface area (Å²) in [5.74, 6) is 1.23. The van der Waals surface area contributed by atoms with Gasteiger partial charge in [-0.1, -0.05) is 6.07 Å². The second-order valence-electron chi connectivity index (χ2n) is 5.62. The zero-order valence-corrected chi connectivity index (χ0v) is 11.0. The van der Waals surface area contributed by atoms with Gasteiger partial charge in [0.05, 0.1) is 4.92 Å². The normalized spacial score (nSPS) is 26.7. The first-order valence-corrected chi connectivity index (χ1v) is 6.52. The topological polar surface area (TPSA) is 75.6 Å². The second kappa shape index (κ2) is 4.38. The number of fused-ring (bicyclic) bond motifs is 1. The van der Waals surface area contributed by atoms with Gasteiger partial charge < -0.3 is 15.5 Å². The van der Waals surface area contributed by atoms with E-state index >= 15 is 0 Å². The van der Waals surface area contributed by atoms with Gasteiger partial charge >= 0.3 is 5.69 Å². The van der Waals surface area contributed by atoms with Crippen LogP contribution >= 0.6 is 0 Å². The Morgan fingerprint density at radius 2 is 1.89 bits per heavy atom. The summed E-state index contributed by atoms with van der Waals surface area (Å²) in [7, 11) is 2.13. The predicted octanol–water partition coefficient (Wildman–Crippen LogP) is 1.17. The van der Waals surface area contributed by atoms with Crippen molar-refractivity contribution in [2.45, 2.75) is 0 Å². The van der Waals surface area contributed by atoms with Crippen molar-refractivity contribution in [3.8, 4) is 0 Å². The molecule has 2 unspecified atom stereocenters. The van der Waals surface area contributed by atoms with E-state index in [0.29, 0.717) is 17.5 Å². The monoisotopic (exact) mass is 262 g/mol. The highest BCUT2D eigenvalue weighted by Gasteiger charge is 2.40. The lowest BCUT2D eigenvalue weighted by Gasteiger charge is -2.21. The lowest BCUT2D eigenvalue weighted by atomic mass is 10.0. The van der Waals surface area contributed by atoms with E-state index in [-0.39, 0.29) is 16.3 Å². The average Bonchev–Trinajstić information content (AvgIpc) is 2.84. The summed E-state index contributed by atoms with van der Waals surface area (Å²) in [6.45, 7) is 3.94. The van der Waals surface area contributed by atoms with E-state index in [1.165, 1.54) is 0 Å². The number of nitro groups is 1. The molecule has 0 bridgehead atoms. The quantitative estimate of drug-likeness (QED) is 0.492. The zero-order valence-electron chi connectivity index (χ0n) is 11.0. The average molecular weight is 262 g/mol. The molecule has 2 saturated heterocycles. The largest absolute Gasteiger partial charge is 0.393 e. The van der Waals surface area contributed by atoms with Crippen molar-refractivity contribution in [1.82, 2.24) is 4.90 Å². The summed E-state index contributed by atoms with van der Waals surface area (Å²) in [6.07, 6.45) is 0. The van der Waals surface area contributed by atoms with Crippen LogP contribution in [0.5, 0.6) is 0 Å². The number of hydrogen-bond donors (Lipinski definition) is 1. The van der Waals surface area contributed by atoms with Crippen molar-refractivity contribution < 1.29 is 4.92 Å². The minimum atomic E-state index is -0.370. The number of nitrogens with two attached hydrogens (primary N) is 1. The van der Waals surface area contributed by atoms with E-state index in [0.717, 1.165) is 26.2 Å². The highest BCUT2D eigenvalue weighted by Crippen LogP contribution is 2.39. The summed E-state index contributed by atoms with van der Waals surface area (Å²) < 4.78 is 0. The van der Waals surface area contributed by atoms with Crippen LogP contribution in [-0.4, -0.2) is 43.0 Å². The molecule has 0 aromatic heterocycles. The number of nitrogen functional groups attached to an aromatic ring is 1. The lowest BCUT2D eigenvalue weighted by molar-refractivity contribution is -0.383. The van der Waals surface area contributed by atoms with Gasteiger partial charge in [-0.25, -0.2) is 0 Å². The van der Waals surface area contributed by atoms with Crippen LogP contribution in [0.2, 0.25) is 0 Å². The van der Waals surface area contributed by atoms with Crippen LogP contribution in [-0.2, 0) is 0 Å². The molecule has 2 fully saturated rings. The van der Waals surface area contributed by atoms with Crippen LogP contribution in [0.25, 0.3) is 0 Å². The van der Waals surface area contributed by atoms with Crippen LogP contribution in [0.3, 0.4) is 0 Å². The number of benzene rings is 1. The molecule has 2 aliphatic rings. The Hall–Kier alpha value is -1.82. The van der Waals surface area contributed by atoms with E-state index in [2.05, 4.69) is 16.8 Å². The van der Waals surface area contributed by atoms with Gasteiger partial charge in [0.15, 0.2) is 0 Å². The van der Waals surface area contributed by atoms with Crippen LogP contribution in [0, 0.1) is 22.0 Å². The molecule has 0 saturated carbocycles. The van der Waals surface area contributed by atoms with Crippen LogP contribution < -0.4 is 10.6 Å². The molecule has 6 nitrogen and oxygen atoms in total. The van der Waals surface area contributed by atoms with Gasteiger partial charge in [-0.3, -0.25) is 10.1 Å². The Kier molecular flexibility index (Phi) is 2.82. The molecule has 19 heavy (non-hydrogen) atoms. The van der Waals surface area contributed by atoms with Crippen LogP contribution in [0.4, 0.5) is 17.1 Å². The molecule has 0 radical (unpaired) electrons. The molecule has 6 heteroatoms. The number of nitro benzene ring substituents is 1. The van der Waals surface area contributed by atoms with Gasteiger partial charge in [0.25, 0.3) is 0 Å². The van der Waals surface area contributed by atoms with Crippen molar-refractivity contribution in [2.24, 2.45) is 11.8 Å². The molecule has 0 amide bonds. The molecule has 2 N–H and O–H groups in total. The third-order valence-corrected chi connectivity index (χ3v) is 4.24. The molecular formula is C13H18N4O2. The van der Waals surface area contributed by atoms with Gasteiger partial charge in [0.1, 0.15) is 11.4 Å². The van der Waals surface area contributed by atoms with Gasteiger partial charge in [-0.05, 0) is 31.0 Å². The Morgan fingerprint density at radius 3 is 2.47 bits per heavy atom. The predicted molar refractivity (Wildman–Crippen MR) is 74.2 cm³/mol. The molecule has 2 atom stereocenters. The Labute approximate surface area is 111 Å². The minimum absolute atomic E-state index is 0.0517. The van der Waals surface area contributed by atoms with E-state index in [4.69, 9.17) is 5.73 Å². The molecule has 1 aromatic carbocycles. The molecule has 0 spiro atoms. The van der Waals surface area contributed by atoms with Gasteiger partial charge in [0.2, 0.25) is 0 Å². The van der Waals surface area contributed by atoms with Crippen molar-refractivity contribution in [2.75, 3.05) is 43.9 Å². The van der Waals surface area contributed by atoms with E-state index in [1.54, 1.807) is 18.2 Å². The lowest BCUT2D eigenvalue weighted by Crippen LogP contribution is -2.27. The number of likely N-dealkylation sites (tertiary alicyclic amines) is 1. The van der Waals surface area contributed by atoms with Gasteiger partial charge in [-0.2, -0.15) is 0 Å². The Morgan fingerprint density at radius 1 is 1.26 bits per heavy atom. The van der Waals surface area contributed by atoms with E-state index in [1.807, 2.05) is 0 Å². The summed E-state index contributed by atoms with van der Waals surface area (Å²) in [6, 6.07) is 5.18. The fraction of sp³-hybridized carbons (Fsp3) is 0.538. The maximum absolute atomic E-state index is 11.2. The SMILES string of the molecule is CN1CC2CN(c3cccc(N)c3[N+](=O)[O-])CC2C1. The van der Waals surface area contributed by atoms with Gasteiger partial charge in [-0.15, -0.1) is 0 Å². The summed E-state index contributed by atoms with van der Waals surface area (Å²) >= 11 is 0. The summed E-state index contributed by atoms with van der Waals surface area (Å²) in [5, 5.41) is 11.2. The van der Waals surface area contributed by atoms with Crippen molar-refractivity contribution in [3.63, 3.8) is 0 Å². The number of hydrogen-bond acceptors (Lipinski definition) is 5. The second-order valence-corrected chi connectivity index (χ2v) is 5.62. The van der Waals surface area contributed by atoms with Crippen LogP contribution in [0.15, 0.2) is 18.2 Å². The summed E-state index contributed by atoms with van der Waals surface area (Å²) in [4.78, 5) is 15.3. The molecule has 0 aliphatic carbocycles. The number of nitrogens with zero attached hydrogens (tertiary/aromatic N) is 3. The molecule has 2 aliphatic heterocycles. The summed E-state index contributed by atoms with van der Waals surface area (Å²) in [5.41, 5.74) is 6.72. The minimum Gasteiger partial charge on any atom is -0.393 e. The highest BCUT2D eigenvalue weighted by atomic mass is 16.6. The first-order chi connectivity index (χ1) is 9.06. The smallest absolute Gasteiger partial charge is 0.315 e. The molecule has 1 aromatic rings. The molecule has 102 valence electrons. The molecule has 3 rings (SSSR count). The molecular weight excluding hydrogens is 244 g/mol. The van der Waals surface area contributed by atoms with Crippen LogP contribution in [0.1, 0.15) is 0 Å². The third kappa shape index (κ3) is 2.02. The van der Waals surface area contributed by atoms with E-state index < -0.39 is 0 Å². The van der Waals surface area contributed by atoms with Crippen molar-refractivity contribution >= 4 is 17.1 Å². The van der Waals surface area contributed by atoms with Crippen molar-refractivity contribution in [1.29, 1.82) is 0 Å². The van der Waals surface area contributed by atoms with Crippen molar-refractivity contribution in [3.05, 3.63) is 28.3 Å². The number of anilines is 2. The maximum Gasteiger partial charge on any atom is 0.315 e. The highest BCUT2D eigenvalue weighted by molar-refractivity contribution is 5.75. The third-order valence-electron chi connectivity index (χ3n) is 4.24. The standard InChI is InChI=1S/C13H18N4O2/c1-15-5-9-7-16(8-10(9)6-15)12-4-2-3-11(14)13(12)17(18)19/h2-4,9-10H,5-8,14H2,1H3.